The molecule has 0 bridgehead atoms. The van der Waals surface area contributed by atoms with Crippen molar-refractivity contribution in [2.45, 2.75) is 18.4 Å². The molecule has 5 rings (SSSR count). The van der Waals surface area contributed by atoms with Gasteiger partial charge in [0.25, 0.3) is 10.0 Å². The molecule has 1 amide bonds. The molecule has 2 aromatic carbocycles. The lowest BCUT2D eigenvalue weighted by molar-refractivity contribution is 0.127. The van der Waals surface area contributed by atoms with Crippen LogP contribution in [0.25, 0.3) is 16.7 Å². The second-order valence-electron chi connectivity index (χ2n) is 9.25. The molecule has 15 heteroatoms. The van der Waals surface area contributed by atoms with E-state index in [9.17, 15) is 18.4 Å². The topological polar surface area (TPSA) is 167 Å². The first kappa shape index (κ1) is 30.1. The standard InChI is InChI=1S/C29H28N6O8S/c1-18-26-27(34(17-19-6-5-13-30-15-19)44(38,39)22-10-7-20(40-2)8-11-22)25(43-29(36)33-37)16-31-28(26)35(32-18)23-12-9-21(41-3)14-24(23)42-4/h5-16,37H,17H2,1-4H3,(H,33,36). The molecule has 0 aliphatic rings. The average molecular weight is 621 g/mol. The maximum atomic E-state index is 14.4. The summed E-state index contributed by atoms with van der Waals surface area (Å²) < 4.78 is 52.9. The maximum absolute atomic E-state index is 14.4. The number of methoxy groups -OCH3 is 3. The van der Waals surface area contributed by atoms with Crippen molar-refractivity contribution < 1.29 is 37.4 Å². The van der Waals surface area contributed by atoms with E-state index in [0.717, 1.165) is 4.31 Å². The Balaban J connectivity index is 1.82. The third-order valence-corrected chi connectivity index (χ3v) is 8.42. The number of benzene rings is 2. The van der Waals surface area contributed by atoms with Crippen LogP contribution in [-0.4, -0.2) is 60.8 Å². The summed E-state index contributed by atoms with van der Waals surface area (Å²) in [7, 11) is 0.134. The number of sulfonamides is 1. The van der Waals surface area contributed by atoms with Gasteiger partial charge >= 0.3 is 6.09 Å². The molecule has 0 radical (unpaired) electrons. The first-order valence-electron chi connectivity index (χ1n) is 13.0. The van der Waals surface area contributed by atoms with Crippen molar-refractivity contribution in [3.8, 4) is 28.7 Å². The fourth-order valence-corrected chi connectivity index (χ4v) is 6.08. The molecule has 3 aromatic heterocycles. The van der Waals surface area contributed by atoms with Crippen molar-refractivity contribution >= 4 is 32.8 Å². The molecule has 228 valence electrons. The van der Waals surface area contributed by atoms with Gasteiger partial charge in [0.2, 0.25) is 0 Å². The number of nitrogens with one attached hydrogen (secondary N) is 1. The number of carbonyl (C=O) groups is 1. The number of aryl methyl sites for hydroxylation is 1. The molecule has 0 saturated carbocycles. The molecular weight excluding hydrogens is 592 g/mol. The molecule has 14 nitrogen and oxygen atoms in total. The molecule has 44 heavy (non-hydrogen) atoms. The first-order valence-corrected chi connectivity index (χ1v) is 14.4. The molecule has 0 atom stereocenters. The van der Waals surface area contributed by atoms with Crippen LogP contribution < -0.4 is 28.7 Å². The maximum Gasteiger partial charge on any atom is 0.436 e. The minimum atomic E-state index is -4.36. The summed E-state index contributed by atoms with van der Waals surface area (Å²) in [6.45, 7) is 1.45. The van der Waals surface area contributed by atoms with Gasteiger partial charge in [-0.3, -0.25) is 14.5 Å². The SMILES string of the molecule is COc1ccc(S(=O)(=O)N(Cc2cccnc2)c2c(OC(=O)NO)cnc3c2c(C)nn3-c2ccc(OC)cc2OC)cc1. The van der Waals surface area contributed by atoms with Gasteiger partial charge in [0.1, 0.15) is 28.6 Å². The normalized spacial score (nSPS) is 11.2. The lowest BCUT2D eigenvalue weighted by atomic mass is 10.2. The number of ether oxygens (including phenoxy) is 4. The van der Waals surface area contributed by atoms with Crippen LogP contribution in [0.15, 0.2) is 78.1 Å². The first-order chi connectivity index (χ1) is 21.2. The summed E-state index contributed by atoms with van der Waals surface area (Å²) in [5.41, 5.74) is 2.97. The second-order valence-corrected chi connectivity index (χ2v) is 11.1. The zero-order valence-corrected chi connectivity index (χ0v) is 24.9. The Kier molecular flexibility index (Phi) is 8.50. The van der Waals surface area contributed by atoms with Gasteiger partial charge in [-0.1, -0.05) is 6.07 Å². The number of aromatic nitrogens is 4. The smallest absolute Gasteiger partial charge is 0.436 e. The number of hydrogen-bond acceptors (Lipinski definition) is 11. The van der Waals surface area contributed by atoms with E-state index in [2.05, 4.69) is 15.1 Å². The van der Waals surface area contributed by atoms with Crippen LogP contribution in [0.3, 0.4) is 0 Å². The van der Waals surface area contributed by atoms with Crippen LogP contribution in [0.1, 0.15) is 11.3 Å². The van der Waals surface area contributed by atoms with E-state index in [4.69, 9.17) is 18.9 Å². The molecule has 3 heterocycles. The Hall–Kier alpha value is -5.41. The number of amides is 1. The van der Waals surface area contributed by atoms with Gasteiger partial charge in [-0.15, -0.1) is 0 Å². The predicted octanol–water partition coefficient (Wildman–Crippen LogP) is 4.02. The summed E-state index contributed by atoms with van der Waals surface area (Å²) >= 11 is 0. The molecule has 0 aliphatic carbocycles. The fraction of sp³-hybridized carbons (Fsp3) is 0.172. The van der Waals surface area contributed by atoms with Crippen molar-refractivity contribution in [1.29, 1.82) is 0 Å². The number of pyridine rings is 2. The van der Waals surface area contributed by atoms with Crippen LogP contribution >= 0.6 is 0 Å². The fourth-order valence-electron chi connectivity index (χ4n) is 4.61. The molecule has 5 aromatic rings. The number of rotatable bonds is 10. The Labute approximate surface area is 252 Å². The predicted molar refractivity (Wildman–Crippen MR) is 158 cm³/mol. The average Bonchev–Trinajstić information content (AvgIpc) is 3.39. The highest BCUT2D eigenvalue weighted by molar-refractivity contribution is 7.92. The molecule has 0 saturated heterocycles. The van der Waals surface area contributed by atoms with E-state index in [1.54, 1.807) is 43.5 Å². The van der Waals surface area contributed by atoms with Crippen LogP contribution in [0.5, 0.6) is 23.0 Å². The number of carbonyl (C=O) groups excluding carboxylic acids is 1. The van der Waals surface area contributed by atoms with Gasteiger partial charge in [0.05, 0.1) is 50.0 Å². The van der Waals surface area contributed by atoms with Gasteiger partial charge in [-0.05, 0) is 55.0 Å². The lowest BCUT2D eigenvalue weighted by Crippen LogP contribution is -2.32. The lowest BCUT2D eigenvalue weighted by Gasteiger charge is -2.27. The Bertz CT molecular complexity index is 1910. The molecular formula is C29H28N6O8S. The van der Waals surface area contributed by atoms with Crippen LogP contribution in [0, 0.1) is 6.92 Å². The van der Waals surface area contributed by atoms with Crippen molar-refractivity contribution in [1.82, 2.24) is 25.2 Å². The third-order valence-electron chi connectivity index (χ3n) is 6.67. The Morgan fingerprint density at radius 2 is 1.70 bits per heavy atom. The van der Waals surface area contributed by atoms with Crippen molar-refractivity contribution in [3.05, 3.63) is 84.4 Å². The quantitative estimate of drug-likeness (QED) is 0.171. The number of fused-ring (bicyclic) bond motifs is 1. The van der Waals surface area contributed by atoms with Crippen molar-refractivity contribution in [3.63, 3.8) is 0 Å². The summed E-state index contributed by atoms with van der Waals surface area (Å²) in [4.78, 5) is 20.8. The number of anilines is 1. The third kappa shape index (κ3) is 5.65. The Morgan fingerprint density at radius 1 is 0.977 bits per heavy atom. The summed E-state index contributed by atoms with van der Waals surface area (Å²) in [5, 5.41) is 14.2. The van der Waals surface area contributed by atoms with E-state index in [0.29, 0.717) is 34.2 Å². The molecule has 0 spiro atoms. The van der Waals surface area contributed by atoms with Gasteiger partial charge in [0, 0.05) is 18.5 Å². The van der Waals surface area contributed by atoms with E-state index < -0.39 is 16.1 Å². The molecule has 0 unspecified atom stereocenters. The van der Waals surface area contributed by atoms with Gasteiger partial charge in [-0.25, -0.2) is 28.4 Å². The summed E-state index contributed by atoms with van der Waals surface area (Å²) in [6, 6.07) is 14.3. The minimum Gasteiger partial charge on any atom is -0.497 e. The van der Waals surface area contributed by atoms with Crippen LogP contribution in [0.2, 0.25) is 0 Å². The molecule has 0 aliphatic heterocycles. The highest BCUT2D eigenvalue weighted by Gasteiger charge is 2.33. The Morgan fingerprint density at radius 3 is 2.34 bits per heavy atom. The van der Waals surface area contributed by atoms with E-state index >= 15 is 0 Å². The van der Waals surface area contributed by atoms with Gasteiger partial charge in [0.15, 0.2) is 11.4 Å². The largest absolute Gasteiger partial charge is 0.497 e. The number of hydrogen-bond donors (Lipinski definition) is 2. The monoisotopic (exact) mass is 620 g/mol. The number of hydroxylamine groups is 1. The zero-order valence-electron chi connectivity index (χ0n) is 24.1. The van der Waals surface area contributed by atoms with E-state index in [-0.39, 0.29) is 33.9 Å². The van der Waals surface area contributed by atoms with E-state index in [1.807, 2.05) is 0 Å². The van der Waals surface area contributed by atoms with Crippen molar-refractivity contribution in [2.75, 3.05) is 25.6 Å². The minimum absolute atomic E-state index is 0.0468. The molecule has 2 N–H and O–H groups in total. The number of nitrogens with zero attached hydrogens (tertiary/aromatic N) is 5. The molecule has 0 fully saturated rings. The summed E-state index contributed by atoms with van der Waals surface area (Å²) in [6.07, 6.45) is 3.01. The van der Waals surface area contributed by atoms with Crippen LogP contribution in [0.4, 0.5) is 10.5 Å². The van der Waals surface area contributed by atoms with Crippen LogP contribution in [-0.2, 0) is 16.6 Å². The zero-order chi connectivity index (χ0) is 31.4. The van der Waals surface area contributed by atoms with Crippen molar-refractivity contribution in [2.24, 2.45) is 0 Å². The summed E-state index contributed by atoms with van der Waals surface area (Å²) in [5.74, 6) is 1.17. The highest BCUT2D eigenvalue weighted by Crippen LogP contribution is 2.42. The van der Waals surface area contributed by atoms with Gasteiger partial charge in [-0.2, -0.15) is 5.10 Å². The highest BCUT2D eigenvalue weighted by atomic mass is 32.2. The second kappa shape index (κ2) is 12.4. The van der Waals surface area contributed by atoms with Gasteiger partial charge < -0.3 is 18.9 Å². The van der Waals surface area contributed by atoms with E-state index in [1.165, 1.54) is 68.2 Å².